The Morgan fingerprint density at radius 1 is 1.38 bits per heavy atom. The van der Waals surface area contributed by atoms with Gasteiger partial charge in [-0.2, -0.15) is 0 Å². The lowest BCUT2D eigenvalue weighted by atomic mass is 10.3. The Labute approximate surface area is 96.4 Å². The fourth-order valence-electron chi connectivity index (χ4n) is 1.95. The second kappa shape index (κ2) is 4.44. The molecule has 90 valence electrons. The maximum atomic E-state index is 11.6. The molecule has 0 bridgehead atoms. The van der Waals surface area contributed by atoms with E-state index >= 15 is 0 Å². The average Bonchev–Trinajstić information content (AvgIpc) is 3.09. The zero-order valence-electron chi connectivity index (χ0n) is 10.0. The van der Waals surface area contributed by atoms with Gasteiger partial charge in [-0.15, -0.1) is 0 Å². The van der Waals surface area contributed by atoms with Crippen LogP contribution in [0.4, 0.5) is 0 Å². The molecule has 0 heterocycles. The highest BCUT2D eigenvalue weighted by molar-refractivity contribution is 5.82. The van der Waals surface area contributed by atoms with E-state index in [1.807, 2.05) is 11.9 Å². The van der Waals surface area contributed by atoms with Crippen LogP contribution in [0.1, 0.15) is 32.6 Å². The maximum absolute atomic E-state index is 11.6. The third-order valence-corrected chi connectivity index (χ3v) is 3.57. The van der Waals surface area contributed by atoms with Crippen LogP contribution >= 0.6 is 0 Å². The minimum Gasteiger partial charge on any atom is -0.355 e. The van der Waals surface area contributed by atoms with Gasteiger partial charge in [0.15, 0.2) is 0 Å². The first-order valence-electron chi connectivity index (χ1n) is 6.13. The van der Waals surface area contributed by atoms with Gasteiger partial charge in [0.1, 0.15) is 0 Å². The highest BCUT2D eigenvalue weighted by atomic mass is 16.2. The van der Waals surface area contributed by atoms with Crippen LogP contribution in [-0.2, 0) is 9.59 Å². The number of carbonyl (C=O) groups excluding carboxylic acids is 2. The summed E-state index contributed by atoms with van der Waals surface area (Å²) in [6.07, 6.45) is 3.70. The van der Waals surface area contributed by atoms with E-state index in [2.05, 4.69) is 12.2 Å². The Hall–Kier alpha value is -1.06. The number of carbonyl (C=O) groups is 2. The van der Waals surface area contributed by atoms with E-state index in [4.69, 9.17) is 0 Å². The first-order valence-corrected chi connectivity index (χ1v) is 6.13. The van der Waals surface area contributed by atoms with Crippen LogP contribution in [0.2, 0.25) is 0 Å². The largest absolute Gasteiger partial charge is 0.355 e. The minimum absolute atomic E-state index is 0.120. The zero-order chi connectivity index (χ0) is 11.7. The summed E-state index contributed by atoms with van der Waals surface area (Å²) < 4.78 is 0. The summed E-state index contributed by atoms with van der Waals surface area (Å²) in [6.45, 7) is 2.56. The average molecular weight is 224 g/mol. The van der Waals surface area contributed by atoms with E-state index in [0.717, 1.165) is 19.3 Å². The first-order chi connectivity index (χ1) is 7.59. The fraction of sp³-hybridized carbons (Fsp3) is 0.833. The number of nitrogens with one attached hydrogen (secondary N) is 1. The van der Waals surface area contributed by atoms with Gasteiger partial charge in [0.25, 0.3) is 0 Å². The molecule has 0 spiro atoms. The van der Waals surface area contributed by atoms with Crippen LogP contribution in [0.25, 0.3) is 0 Å². The van der Waals surface area contributed by atoms with Gasteiger partial charge in [-0.1, -0.05) is 6.92 Å². The summed E-state index contributed by atoms with van der Waals surface area (Å²) in [5.74, 6) is 1.00. The number of amides is 2. The summed E-state index contributed by atoms with van der Waals surface area (Å²) in [4.78, 5) is 24.9. The molecule has 0 aromatic heterocycles. The van der Waals surface area contributed by atoms with E-state index in [0.29, 0.717) is 24.9 Å². The van der Waals surface area contributed by atoms with Crippen LogP contribution in [0.3, 0.4) is 0 Å². The zero-order valence-corrected chi connectivity index (χ0v) is 10.0. The highest BCUT2D eigenvalue weighted by Crippen LogP contribution is 2.37. The summed E-state index contributed by atoms with van der Waals surface area (Å²) in [7, 11) is 1.85. The van der Waals surface area contributed by atoms with Crippen molar-refractivity contribution < 1.29 is 9.59 Å². The van der Waals surface area contributed by atoms with E-state index in [1.54, 1.807) is 0 Å². The second-order valence-electron chi connectivity index (χ2n) is 5.10. The molecule has 0 aliphatic heterocycles. The lowest BCUT2D eigenvalue weighted by molar-refractivity contribution is -0.130. The fourth-order valence-corrected chi connectivity index (χ4v) is 1.95. The summed E-state index contributed by atoms with van der Waals surface area (Å²) >= 11 is 0. The van der Waals surface area contributed by atoms with E-state index < -0.39 is 0 Å². The molecule has 2 aliphatic rings. The smallest absolute Gasteiger partial charge is 0.224 e. The van der Waals surface area contributed by atoms with Gasteiger partial charge in [-0.05, 0) is 25.2 Å². The molecule has 2 atom stereocenters. The third kappa shape index (κ3) is 2.74. The molecule has 2 amide bonds. The molecule has 2 saturated carbocycles. The molecule has 2 aliphatic carbocycles. The summed E-state index contributed by atoms with van der Waals surface area (Å²) in [5.41, 5.74) is 0. The molecule has 0 saturated heterocycles. The molecule has 1 N–H and O–H groups in total. The monoisotopic (exact) mass is 224 g/mol. The highest BCUT2D eigenvalue weighted by Gasteiger charge is 2.38. The quantitative estimate of drug-likeness (QED) is 0.750. The van der Waals surface area contributed by atoms with Crippen molar-refractivity contribution in [2.24, 2.45) is 11.8 Å². The molecule has 2 rings (SSSR count). The van der Waals surface area contributed by atoms with Crippen LogP contribution in [0, 0.1) is 11.8 Å². The lowest BCUT2D eigenvalue weighted by Crippen LogP contribution is -2.33. The molecule has 16 heavy (non-hydrogen) atoms. The topological polar surface area (TPSA) is 49.4 Å². The second-order valence-corrected chi connectivity index (χ2v) is 5.10. The van der Waals surface area contributed by atoms with Gasteiger partial charge < -0.3 is 10.2 Å². The van der Waals surface area contributed by atoms with E-state index in [1.165, 1.54) is 0 Å². The predicted octanol–water partition coefficient (Wildman–Crippen LogP) is 0.769. The Balaban J connectivity index is 1.60. The van der Waals surface area contributed by atoms with Gasteiger partial charge in [0, 0.05) is 32.0 Å². The lowest BCUT2D eigenvalue weighted by Gasteiger charge is -2.16. The van der Waals surface area contributed by atoms with Gasteiger partial charge in [-0.25, -0.2) is 0 Å². The standard InChI is InChI=1S/C12H20N2O2/c1-8-7-10(8)12(16)13-6-5-11(15)14(2)9-3-4-9/h8-10H,3-7H2,1-2H3,(H,13,16)/t8-,10+/m1/s1. The SMILES string of the molecule is C[C@@H]1C[C@@H]1C(=O)NCCC(=O)N(C)C1CC1. The number of nitrogens with zero attached hydrogens (tertiary/aromatic N) is 1. The van der Waals surface area contributed by atoms with Gasteiger partial charge in [-0.3, -0.25) is 9.59 Å². The van der Waals surface area contributed by atoms with Crippen molar-refractivity contribution in [3.05, 3.63) is 0 Å². The van der Waals surface area contributed by atoms with Crippen molar-refractivity contribution in [1.82, 2.24) is 10.2 Å². The van der Waals surface area contributed by atoms with Crippen molar-refractivity contribution in [3.8, 4) is 0 Å². The minimum atomic E-state index is 0.120. The van der Waals surface area contributed by atoms with Crippen molar-refractivity contribution in [2.75, 3.05) is 13.6 Å². The Bertz CT molecular complexity index is 299. The van der Waals surface area contributed by atoms with Crippen molar-refractivity contribution in [1.29, 1.82) is 0 Å². The molecule has 0 radical (unpaired) electrons. The molecule has 0 aromatic carbocycles. The van der Waals surface area contributed by atoms with Crippen LogP contribution in [-0.4, -0.2) is 36.3 Å². The Kier molecular flexibility index (Phi) is 3.17. The molecular weight excluding hydrogens is 204 g/mol. The molecule has 4 heteroatoms. The van der Waals surface area contributed by atoms with Crippen LogP contribution in [0.15, 0.2) is 0 Å². The van der Waals surface area contributed by atoms with E-state index in [9.17, 15) is 9.59 Å². The number of hydrogen-bond donors (Lipinski definition) is 1. The number of hydrogen-bond acceptors (Lipinski definition) is 2. The van der Waals surface area contributed by atoms with Crippen molar-refractivity contribution in [3.63, 3.8) is 0 Å². The number of rotatable bonds is 5. The molecule has 4 nitrogen and oxygen atoms in total. The molecule has 2 fully saturated rings. The summed E-state index contributed by atoms with van der Waals surface area (Å²) in [6, 6.07) is 0.464. The van der Waals surface area contributed by atoms with Gasteiger partial charge in [0.2, 0.25) is 11.8 Å². The molecule has 0 aromatic rings. The van der Waals surface area contributed by atoms with Gasteiger partial charge >= 0.3 is 0 Å². The van der Waals surface area contributed by atoms with Crippen molar-refractivity contribution >= 4 is 11.8 Å². The Morgan fingerprint density at radius 3 is 2.50 bits per heavy atom. The molecule has 0 unspecified atom stereocenters. The molecular formula is C12H20N2O2. The van der Waals surface area contributed by atoms with Crippen LogP contribution < -0.4 is 5.32 Å². The maximum Gasteiger partial charge on any atom is 0.224 e. The van der Waals surface area contributed by atoms with Crippen molar-refractivity contribution in [2.45, 2.75) is 38.6 Å². The van der Waals surface area contributed by atoms with E-state index in [-0.39, 0.29) is 17.7 Å². The third-order valence-electron chi connectivity index (χ3n) is 3.57. The predicted molar refractivity (Wildman–Crippen MR) is 60.7 cm³/mol. The summed E-state index contributed by atoms with van der Waals surface area (Å²) in [5, 5.41) is 2.83. The van der Waals surface area contributed by atoms with Gasteiger partial charge in [0.05, 0.1) is 0 Å². The Morgan fingerprint density at radius 2 is 2.00 bits per heavy atom. The van der Waals surface area contributed by atoms with Crippen LogP contribution in [0.5, 0.6) is 0 Å². The normalized spacial score (nSPS) is 27.4. The first kappa shape index (κ1) is 11.4.